The zero-order valence-corrected chi connectivity index (χ0v) is 22.6. The van der Waals surface area contributed by atoms with E-state index in [0.29, 0.717) is 0 Å². The lowest BCUT2D eigenvalue weighted by molar-refractivity contribution is 0.864. The number of hydrogen-bond acceptors (Lipinski definition) is 2. The van der Waals surface area contributed by atoms with Gasteiger partial charge in [0.05, 0.1) is 5.69 Å². The Bertz CT molecular complexity index is 2030. The molecule has 1 unspecified atom stereocenters. The third kappa shape index (κ3) is 4.08. The molecular weight excluding hydrogens is 496 g/mol. The summed E-state index contributed by atoms with van der Waals surface area (Å²) in [6.45, 7) is 0. The molecule has 0 bridgehead atoms. The van der Waals surface area contributed by atoms with Crippen LogP contribution in [0.4, 0.5) is 17.1 Å². The zero-order chi connectivity index (χ0) is 27.2. The maximum absolute atomic E-state index is 5.38. The molecule has 2 nitrogen and oxygen atoms in total. The standard InChI is InChI=1S/C39H28N2/c1-2-11-27(12-3-1)29-14-10-15-31(25-29)41(32-23-24-34-30(26-32)22-21-28-13-4-5-16-33(28)34)39-37-19-7-6-17-35(37)36-18-8-9-20-38(36)40-39/h1-18,20-26,37H,19H2. The van der Waals surface area contributed by atoms with E-state index in [1.165, 1.54) is 43.8 Å². The second-order valence-corrected chi connectivity index (χ2v) is 10.8. The van der Waals surface area contributed by atoms with Crippen molar-refractivity contribution >= 4 is 50.0 Å². The molecule has 0 saturated heterocycles. The summed E-state index contributed by atoms with van der Waals surface area (Å²) < 4.78 is 0. The third-order valence-electron chi connectivity index (χ3n) is 8.35. The highest BCUT2D eigenvalue weighted by molar-refractivity contribution is 6.16. The van der Waals surface area contributed by atoms with Crippen LogP contribution in [0.5, 0.6) is 0 Å². The van der Waals surface area contributed by atoms with E-state index in [1.807, 2.05) is 0 Å². The summed E-state index contributed by atoms with van der Waals surface area (Å²) in [6, 6.07) is 47.9. The van der Waals surface area contributed by atoms with Crippen molar-refractivity contribution in [1.29, 1.82) is 0 Å². The quantitative estimate of drug-likeness (QED) is 0.210. The number of fused-ring (bicyclic) bond motifs is 6. The van der Waals surface area contributed by atoms with Gasteiger partial charge >= 0.3 is 0 Å². The number of aliphatic imine (C=N–C) groups is 1. The van der Waals surface area contributed by atoms with Gasteiger partial charge < -0.3 is 0 Å². The number of benzene rings is 6. The van der Waals surface area contributed by atoms with E-state index in [0.717, 1.165) is 29.3 Å². The van der Waals surface area contributed by atoms with Crippen LogP contribution in [0, 0.1) is 5.92 Å². The lowest BCUT2D eigenvalue weighted by atomic mass is 9.82. The van der Waals surface area contributed by atoms with Crippen LogP contribution in [0.3, 0.4) is 0 Å². The largest absolute Gasteiger partial charge is 0.298 e. The zero-order valence-electron chi connectivity index (χ0n) is 22.6. The second-order valence-electron chi connectivity index (χ2n) is 10.8. The fourth-order valence-electron chi connectivity index (χ4n) is 6.38. The molecule has 194 valence electrons. The van der Waals surface area contributed by atoms with E-state index in [4.69, 9.17) is 4.99 Å². The molecule has 1 aliphatic heterocycles. The van der Waals surface area contributed by atoms with Crippen LogP contribution in [0.1, 0.15) is 12.0 Å². The van der Waals surface area contributed by atoms with Crippen LogP contribution in [0.15, 0.2) is 157 Å². The Kier molecular flexibility index (Phi) is 5.63. The van der Waals surface area contributed by atoms with Gasteiger partial charge in [-0.3, -0.25) is 4.90 Å². The average molecular weight is 525 g/mol. The Morgan fingerprint density at radius 2 is 1.34 bits per heavy atom. The topological polar surface area (TPSA) is 15.6 Å². The molecule has 41 heavy (non-hydrogen) atoms. The number of rotatable bonds is 3. The molecule has 1 aliphatic carbocycles. The van der Waals surface area contributed by atoms with Gasteiger partial charge in [0.15, 0.2) is 0 Å². The molecule has 2 heteroatoms. The van der Waals surface area contributed by atoms with E-state index in [1.54, 1.807) is 0 Å². The van der Waals surface area contributed by atoms with Gasteiger partial charge in [-0.1, -0.05) is 121 Å². The Morgan fingerprint density at radius 3 is 2.29 bits per heavy atom. The smallest absolute Gasteiger partial charge is 0.122 e. The Morgan fingerprint density at radius 1 is 0.585 bits per heavy atom. The first kappa shape index (κ1) is 23.7. The Labute approximate surface area is 240 Å². The maximum atomic E-state index is 5.38. The highest BCUT2D eigenvalue weighted by atomic mass is 15.2. The van der Waals surface area contributed by atoms with Crippen molar-refractivity contribution in [1.82, 2.24) is 0 Å². The first-order chi connectivity index (χ1) is 20.3. The number of nitrogens with zero attached hydrogens (tertiary/aromatic N) is 2. The third-order valence-corrected chi connectivity index (χ3v) is 8.35. The van der Waals surface area contributed by atoms with Crippen LogP contribution in [0.2, 0.25) is 0 Å². The monoisotopic (exact) mass is 524 g/mol. The Hall–Kier alpha value is -5.21. The van der Waals surface area contributed by atoms with Crippen LogP contribution in [0.25, 0.3) is 38.2 Å². The van der Waals surface area contributed by atoms with Crippen molar-refractivity contribution in [2.75, 3.05) is 4.90 Å². The molecule has 6 aromatic carbocycles. The normalized spacial score (nSPS) is 15.7. The first-order valence-electron chi connectivity index (χ1n) is 14.3. The molecule has 0 N–H and O–H groups in total. The maximum Gasteiger partial charge on any atom is 0.122 e. The van der Waals surface area contributed by atoms with Crippen LogP contribution >= 0.6 is 0 Å². The van der Waals surface area contributed by atoms with Gasteiger partial charge in [0.25, 0.3) is 0 Å². The summed E-state index contributed by atoms with van der Waals surface area (Å²) in [7, 11) is 0. The molecule has 0 radical (unpaired) electrons. The molecule has 6 aromatic rings. The number of anilines is 2. The highest BCUT2D eigenvalue weighted by Gasteiger charge is 2.33. The molecule has 0 aromatic heterocycles. The van der Waals surface area contributed by atoms with Gasteiger partial charge in [-0.25, -0.2) is 4.99 Å². The number of amidine groups is 1. The van der Waals surface area contributed by atoms with E-state index < -0.39 is 0 Å². The lowest BCUT2D eigenvalue weighted by Crippen LogP contribution is -2.35. The highest BCUT2D eigenvalue weighted by Crippen LogP contribution is 2.44. The molecule has 1 heterocycles. The summed E-state index contributed by atoms with van der Waals surface area (Å²) in [5.74, 6) is 1.23. The van der Waals surface area contributed by atoms with E-state index in [2.05, 4.69) is 157 Å². The molecule has 2 aliphatic rings. The molecule has 0 saturated carbocycles. The summed E-state index contributed by atoms with van der Waals surface area (Å²) in [5, 5.41) is 5.03. The molecule has 8 rings (SSSR count). The van der Waals surface area contributed by atoms with E-state index in [9.17, 15) is 0 Å². The molecule has 1 atom stereocenters. The molecular formula is C39H28N2. The second kappa shape index (κ2) is 9.76. The van der Waals surface area contributed by atoms with Crippen molar-refractivity contribution in [3.8, 4) is 11.1 Å². The van der Waals surface area contributed by atoms with Crippen molar-refractivity contribution in [2.45, 2.75) is 6.42 Å². The average Bonchev–Trinajstić information content (AvgIpc) is 3.05. The SMILES string of the molecule is C1=CCC2C(=C1)c1ccccc1N=C2N(c1cccc(-c2ccccc2)c1)c1ccc2c(ccc3ccccc32)c1. The minimum absolute atomic E-state index is 0.169. The van der Waals surface area contributed by atoms with Gasteiger partial charge in [-0.05, 0) is 75.0 Å². The Balaban J connectivity index is 1.36. The van der Waals surface area contributed by atoms with Crippen LogP contribution in [-0.2, 0) is 0 Å². The predicted octanol–water partition coefficient (Wildman–Crippen LogP) is 10.5. The van der Waals surface area contributed by atoms with Gasteiger partial charge in [0.1, 0.15) is 5.84 Å². The lowest BCUT2D eigenvalue weighted by Gasteiger charge is -2.36. The summed E-state index contributed by atoms with van der Waals surface area (Å²) in [4.78, 5) is 7.77. The van der Waals surface area contributed by atoms with Gasteiger partial charge in [-0.15, -0.1) is 0 Å². The first-order valence-corrected chi connectivity index (χ1v) is 14.3. The van der Waals surface area contributed by atoms with Gasteiger partial charge in [0, 0.05) is 22.9 Å². The predicted molar refractivity (Wildman–Crippen MR) is 174 cm³/mol. The van der Waals surface area contributed by atoms with E-state index in [-0.39, 0.29) is 5.92 Å². The summed E-state index contributed by atoms with van der Waals surface area (Å²) in [6.07, 6.45) is 7.65. The molecule has 0 amide bonds. The van der Waals surface area contributed by atoms with Crippen molar-refractivity contribution < 1.29 is 0 Å². The van der Waals surface area contributed by atoms with Crippen LogP contribution in [-0.4, -0.2) is 5.84 Å². The van der Waals surface area contributed by atoms with E-state index >= 15 is 0 Å². The summed E-state index contributed by atoms with van der Waals surface area (Å²) >= 11 is 0. The van der Waals surface area contributed by atoms with Gasteiger partial charge in [-0.2, -0.15) is 0 Å². The van der Waals surface area contributed by atoms with Crippen molar-refractivity contribution in [3.05, 3.63) is 157 Å². The fourth-order valence-corrected chi connectivity index (χ4v) is 6.38. The van der Waals surface area contributed by atoms with Crippen molar-refractivity contribution in [2.24, 2.45) is 10.9 Å². The number of para-hydroxylation sites is 1. The number of hydrogen-bond donors (Lipinski definition) is 0. The fraction of sp³-hybridized carbons (Fsp3) is 0.0513. The molecule has 0 fully saturated rings. The minimum atomic E-state index is 0.169. The van der Waals surface area contributed by atoms with Gasteiger partial charge in [0.2, 0.25) is 0 Å². The minimum Gasteiger partial charge on any atom is -0.298 e. The van der Waals surface area contributed by atoms with Crippen molar-refractivity contribution in [3.63, 3.8) is 0 Å². The number of allylic oxidation sites excluding steroid dienone is 3. The molecule has 0 spiro atoms. The summed E-state index contributed by atoms with van der Waals surface area (Å²) in [5.41, 5.74) is 8.21. The van der Waals surface area contributed by atoms with Crippen LogP contribution < -0.4 is 4.90 Å².